The number of nitrogens with one attached hydrogen (secondary N) is 2. The second-order valence-electron chi connectivity index (χ2n) is 6.77. The molecule has 126 valence electrons. The van der Waals surface area contributed by atoms with E-state index in [0.29, 0.717) is 5.92 Å². The molecule has 0 bridgehead atoms. The second-order valence-corrected chi connectivity index (χ2v) is 6.77. The van der Waals surface area contributed by atoms with E-state index < -0.39 is 0 Å². The number of ether oxygens (including phenoxy) is 1. The summed E-state index contributed by atoms with van der Waals surface area (Å²) in [6.45, 7) is 6.59. The molecule has 1 aromatic rings. The molecule has 2 fully saturated rings. The van der Waals surface area contributed by atoms with E-state index in [2.05, 4.69) is 46.7 Å². The van der Waals surface area contributed by atoms with Crippen molar-refractivity contribution in [1.29, 1.82) is 0 Å². The third-order valence-electron chi connectivity index (χ3n) is 4.81. The van der Waals surface area contributed by atoms with Crippen LogP contribution in [-0.2, 0) is 11.3 Å². The molecule has 2 aliphatic rings. The molecule has 1 aromatic carbocycles. The predicted octanol–water partition coefficient (Wildman–Crippen LogP) is 1.99. The summed E-state index contributed by atoms with van der Waals surface area (Å²) in [6, 6.07) is 10.9. The number of urea groups is 1. The van der Waals surface area contributed by atoms with E-state index in [0.717, 1.165) is 45.7 Å². The number of rotatable bonds is 4. The third kappa shape index (κ3) is 4.69. The average molecular weight is 317 g/mol. The fourth-order valence-electron chi connectivity index (χ4n) is 3.46. The second kappa shape index (κ2) is 7.79. The molecular weight excluding hydrogens is 290 g/mol. The highest BCUT2D eigenvalue weighted by Gasteiger charge is 2.31. The summed E-state index contributed by atoms with van der Waals surface area (Å²) in [6.07, 6.45) is 1.82. The van der Waals surface area contributed by atoms with Crippen molar-refractivity contribution < 1.29 is 9.53 Å². The standard InChI is InChI=1S/C18H27N3O2/c1-14-11-21(12-15-5-3-2-4-6-15)13-17(14)20-18(22)19-16-7-9-23-10-8-16/h2-6,14,16-17H,7-13H2,1H3,(H2,19,20,22)/t14-,17-/m0/s1. The van der Waals surface area contributed by atoms with Crippen molar-refractivity contribution in [2.45, 2.75) is 38.4 Å². The summed E-state index contributed by atoms with van der Waals surface area (Å²) in [4.78, 5) is 14.6. The molecule has 0 radical (unpaired) electrons. The Bertz CT molecular complexity index is 502. The van der Waals surface area contributed by atoms with Crippen LogP contribution in [0.2, 0.25) is 0 Å². The Balaban J connectivity index is 1.45. The number of amides is 2. The van der Waals surface area contributed by atoms with E-state index in [-0.39, 0.29) is 18.1 Å². The number of likely N-dealkylation sites (tertiary alicyclic amines) is 1. The van der Waals surface area contributed by atoms with Gasteiger partial charge in [-0.25, -0.2) is 4.79 Å². The molecule has 3 rings (SSSR count). The van der Waals surface area contributed by atoms with Crippen LogP contribution in [0.25, 0.3) is 0 Å². The molecule has 2 atom stereocenters. The fourth-order valence-corrected chi connectivity index (χ4v) is 3.46. The highest BCUT2D eigenvalue weighted by molar-refractivity contribution is 5.74. The maximum Gasteiger partial charge on any atom is 0.315 e. The largest absolute Gasteiger partial charge is 0.381 e. The molecule has 0 aliphatic carbocycles. The van der Waals surface area contributed by atoms with Crippen molar-refractivity contribution in [3.63, 3.8) is 0 Å². The Morgan fingerprint density at radius 3 is 2.65 bits per heavy atom. The first-order valence-electron chi connectivity index (χ1n) is 8.62. The summed E-state index contributed by atoms with van der Waals surface area (Å²) < 4.78 is 5.32. The Hall–Kier alpha value is -1.59. The minimum absolute atomic E-state index is 0.0321. The molecule has 0 spiro atoms. The van der Waals surface area contributed by atoms with Crippen molar-refractivity contribution in [2.24, 2.45) is 5.92 Å². The zero-order chi connectivity index (χ0) is 16.1. The van der Waals surface area contributed by atoms with Gasteiger partial charge in [-0.1, -0.05) is 37.3 Å². The van der Waals surface area contributed by atoms with Gasteiger partial charge in [0.15, 0.2) is 0 Å². The average Bonchev–Trinajstić information content (AvgIpc) is 2.88. The lowest BCUT2D eigenvalue weighted by molar-refractivity contribution is 0.0799. The topological polar surface area (TPSA) is 53.6 Å². The summed E-state index contributed by atoms with van der Waals surface area (Å²) in [5, 5.41) is 6.24. The number of hydrogen-bond acceptors (Lipinski definition) is 3. The van der Waals surface area contributed by atoms with Crippen LogP contribution in [0, 0.1) is 5.92 Å². The molecule has 0 unspecified atom stereocenters. The van der Waals surface area contributed by atoms with Crippen LogP contribution in [0.5, 0.6) is 0 Å². The van der Waals surface area contributed by atoms with E-state index in [1.165, 1.54) is 5.56 Å². The van der Waals surface area contributed by atoms with Crippen LogP contribution in [0.3, 0.4) is 0 Å². The Morgan fingerprint density at radius 1 is 1.17 bits per heavy atom. The Morgan fingerprint density at radius 2 is 1.91 bits per heavy atom. The molecule has 0 aromatic heterocycles. The Kier molecular flexibility index (Phi) is 5.51. The maximum absolute atomic E-state index is 12.2. The van der Waals surface area contributed by atoms with Crippen molar-refractivity contribution in [2.75, 3.05) is 26.3 Å². The molecule has 2 amide bonds. The number of carbonyl (C=O) groups is 1. The van der Waals surface area contributed by atoms with Gasteiger partial charge < -0.3 is 15.4 Å². The van der Waals surface area contributed by atoms with Gasteiger partial charge in [-0.3, -0.25) is 4.90 Å². The SMILES string of the molecule is C[C@H]1CN(Cc2ccccc2)C[C@@H]1NC(=O)NC1CCOCC1. The lowest BCUT2D eigenvalue weighted by Crippen LogP contribution is -2.49. The van der Waals surface area contributed by atoms with Gasteiger partial charge in [-0.05, 0) is 24.3 Å². The molecule has 2 saturated heterocycles. The lowest BCUT2D eigenvalue weighted by Gasteiger charge is -2.25. The number of benzene rings is 1. The quantitative estimate of drug-likeness (QED) is 0.893. The maximum atomic E-state index is 12.2. The van der Waals surface area contributed by atoms with Crippen molar-refractivity contribution >= 4 is 6.03 Å². The fraction of sp³-hybridized carbons (Fsp3) is 0.611. The van der Waals surface area contributed by atoms with Gasteiger partial charge in [0.1, 0.15) is 0 Å². The molecule has 2 heterocycles. The first kappa shape index (κ1) is 16.3. The van der Waals surface area contributed by atoms with Crippen LogP contribution >= 0.6 is 0 Å². The van der Waals surface area contributed by atoms with E-state index in [9.17, 15) is 4.79 Å². The zero-order valence-corrected chi connectivity index (χ0v) is 13.8. The normalized spacial score (nSPS) is 26.1. The van der Waals surface area contributed by atoms with Crippen LogP contribution in [0.4, 0.5) is 4.79 Å². The van der Waals surface area contributed by atoms with Crippen molar-refractivity contribution in [1.82, 2.24) is 15.5 Å². The van der Waals surface area contributed by atoms with Gasteiger partial charge in [0, 0.05) is 44.9 Å². The number of hydrogen-bond donors (Lipinski definition) is 2. The predicted molar refractivity (Wildman–Crippen MR) is 90.2 cm³/mol. The summed E-state index contributed by atoms with van der Waals surface area (Å²) in [5.74, 6) is 0.471. The molecule has 2 aliphatic heterocycles. The minimum atomic E-state index is -0.0321. The summed E-state index contributed by atoms with van der Waals surface area (Å²) in [5.41, 5.74) is 1.33. The van der Waals surface area contributed by atoms with Crippen LogP contribution < -0.4 is 10.6 Å². The smallest absolute Gasteiger partial charge is 0.315 e. The van der Waals surface area contributed by atoms with E-state index in [4.69, 9.17) is 4.74 Å². The van der Waals surface area contributed by atoms with Crippen LogP contribution in [-0.4, -0.2) is 49.3 Å². The lowest BCUT2D eigenvalue weighted by atomic mass is 10.1. The van der Waals surface area contributed by atoms with Crippen molar-refractivity contribution in [3.05, 3.63) is 35.9 Å². The van der Waals surface area contributed by atoms with Gasteiger partial charge in [-0.15, -0.1) is 0 Å². The highest BCUT2D eigenvalue weighted by atomic mass is 16.5. The highest BCUT2D eigenvalue weighted by Crippen LogP contribution is 2.19. The monoisotopic (exact) mass is 317 g/mol. The molecule has 2 N–H and O–H groups in total. The molecule has 23 heavy (non-hydrogen) atoms. The van der Waals surface area contributed by atoms with Crippen LogP contribution in [0.15, 0.2) is 30.3 Å². The number of nitrogens with zero attached hydrogens (tertiary/aromatic N) is 1. The van der Waals surface area contributed by atoms with Crippen LogP contribution in [0.1, 0.15) is 25.3 Å². The van der Waals surface area contributed by atoms with E-state index >= 15 is 0 Å². The summed E-state index contributed by atoms with van der Waals surface area (Å²) >= 11 is 0. The number of carbonyl (C=O) groups excluding carboxylic acids is 1. The first-order chi connectivity index (χ1) is 11.2. The molecule has 0 saturated carbocycles. The van der Waals surface area contributed by atoms with Gasteiger partial charge in [0.2, 0.25) is 0 Å². The minimum Gasteiger partial charge on any atom is -0.381 e. The van der Waals surface area contributed by atoms with Gasteiger partial charge >= 0.3 is 6.03 Å². The zero-order valence-electron chi connectivity index (χ0n) is 13.8. The molecule has 5 nitrogen and oxygen atoms in total. The van der Waals surface area contributed by atoms with Gasteiger partial charge in [0.25, 0.3) is 0 Å². The van der Waals surface area contributed by atoms with E-state index in [1.54, 1.807) is 0 Å². The third-order valence-corrected chi connectivity index (χ3v) is 4.81. The molecular formula is C18H27N3O2. The van der Waals surface area contributed by atoms with E-state index in [1.807, 2.05) is 6.07 Å². The summed E-state index contributed by atoms with van der Waals surface area (Å²) in [7, 11) is 0. The van der Waals surface area contributed by atoms with Gasteiger partial charge in [0.05, 0.1) is 0 Å². The Labute approximate surface area is 138 Å². The first-order valence-corrected chi connectivity index (χ1v) is 8.62. The molecule has 5 heteroatoms. The van der Waals surface area contributed by atoms with Gasteiger partial charge in [-0.2, -0.15) is 0 Å². The van der Waals surface area contributed by atoms with Crippen molar-refractivity contribution in [3.8, 4) is 0 Å².